The molecule has 0 spiro atoms. The van der Waals surface area contributed by atoms with E-state index in [1.165, 1.54) is 25.7 Å². The quantitative estimate of drug-likeness (QED) is 0.801. The number of carbonyl (C=O) groups excluding carboxylic acids is 1. The van der Waals surface area contributed by atoms with Crippen molar-refractivity contribution in [3.63, 3.8) is 0 Å². The summed E-state index contributed by atoms with van der Waals surface area (Å²) in [5.41, 5.74) is 5.46. The Labute approximate surface area is 105 Å². The topological polar surface area (TPSA) is 55.1 Å². The number of hydrogen-bond acceptors (Lipinski definition) is 2. The highest BCUT2D eigenvalue weighted by molar-refractivity contribution is 5.85. The summed E-state index contributed by atoms with van der Waals surface area (Å²) in [7, 11) is 0. The Morgan fingerprint density at radius 2 is 1.94 bits per heavy atom. The molecule has 0 saturated heterocycles. The van der Waals surface area contributed by atoms with Crippen LogP contribution in [0.4, 0.5) is 0 Å². The van der Waals surface area contributed by atoms with E-state index in [9.17, 15) is 4.79 Å². The van der Waals surface area contributed by atoms with Crippen molar-refractivity contribution >= 4 is 18.3 Å². The van der Waals surface area contributed by atoms with E-state index >= 15 is 0 Å². The Balaban J connectivity index is 0.00000225. The third kappa shape index (κ3) is 5.71. The van der Waals surface area contributed by atoms with E-state index in [1.807, 2.05) is 6.92 Å². The van der Waals surface area contributed by atoms with Crippen LogP contribution in [0.1, 0.15) is 46.0 Å². The Kier molecular flexibility index (Phi) is 7.77. The molecule has 0 aromatic carbocycles. The first-order chi connectivity index (χ1) is 7.11. The van der Waals surface area contributed by atoms with Crippen molar-refractivity contribution < 1.29 is 4.79 Å². The Morgan fingerprint density at radius 3 is 2.44 bits per heavy atom. The van der Waals surface area contributed by atoms with Crippen LogP contribution in [0, 0.1) is 11.8 Å². The molecule has 3 nitrogen and oxygen atoms in total. The summed E-state index contributed by atoms with van der Waals surface area (Å²) in [5, 5.41) is 2.92. The van der Waals surface area contributed by atoms with Gasteiger partial charge in [0.15, 0.2) is 0 Å². The fourth-order valence-electron chi connectivity index (χ4n) is 2.19. The lowest BCUT2D eigenvalue weighted by atomic mass is 9.81. The molecule has 0 heterocycles. The maximum atomic E-state index is 11.6. The summed E-state index contributed by atoms with van der Waals surface area (Å²) in [6.07, 6.45) is 5.68. The van der Waals surface area contributed by atoms with Crippen LogP contribution < -0.4 is 11.1 Å². The van der Waals surface area contributed by atoms with Gasteiger partial charge in [0.1, 0.15) is 0 Å². The molecule has 1 atom stereocenters. The fourth-order valence-corrected chi connectivity index (χ4v) is 2.19. The van der Waals surface area contributed by atoms with E-state index in [-0.39, 0.29) is 24.4 Å². The molecule has 0 aromatic rings. The normalized spacial score (nSPS) is 26.7. The minimum Gasteiger partial charge on any atom is -0.352 e. The van der Waals surface area contributed by atoms with Gasteiger partial charge in [0.2, 0.25) is 5.91 Å². The third-order valence-corrected chi connectivity index (χ3v) is 3.37. The van der Waals surface area contributed by atoms with Gasteiger partial charge < -0.3 is 11.1 Å². The number of rotatable bonds is 4. The summed E-state index contributed by atoms with van der Waals surface area (Å²) in [4.78, 5) is 11.6. The molecule has 0 aromatic heterocycles. The minimum atomic E-state index is 0. The smallest absolute Gasteiger partial charge is 0.220 e. The Morgan fingerprint density at radius 1 is 1.38 bits per heavy atom. The first kappa shape index (κ1) is 15.7. The molecule has 1 saturated carbocycles. The van der Waals surface area contributed by atoms with E-state index < -0.39 is 0 Å². The number of nitrogens with one attached hydrogen (secondary N) is 1. The molecule has 16 heavy (non-hydrogen) atoms. The molecule has 1 fully saturated rings. The lowest BCUT2D eigenvalue weighted by molar-refractivity contribution is -0.122. The van der Waals surface area contributed by atoms with Crippen molar-refractivity contribution in [3.05, 3.63) is 0 Å². The maximum absolute atomic E-state index is 11.6. The van der Waals surface area contributed by atoms with Gasteiger partial charge in [-0.05, 0) is 31.6 Å². The van der Waals surface area contributed by atoms with Crippen molar-refractivity contribution in [2.45, 2.75) is 52.0 Å². The zero-order chi connectivity index (χ0) is 11.3. The molecule has 3 N–H and O–H groups in total. The molecule has 0 bridgehead atoms. The molecule has 96 valence electrons. The molecule has 4 heteroatoms. The second kappa shape index (κ2) is 7.91. The van der Waals surface area contributed by atoms with Crippen molar-refractivity contribution in [2.24, 2.45) is 17.6 Å². The van der Waals surface area contributed by atoms with Gasteiger partial charge in [0.05, 0.1) is 0 Å². The van der Waals surface area contributed by atoms with Gasteiger partial charge >= 0.3 is 0 Å². The first-order valence-electron chi connectivity index (χ1n) is 6.11. The standard InChI is InChI=1S/C12H24N2O.ClH/c1-9-3-5-11(6-4-9)7-12(15)14-10(2)8-13;/h9-11H,3-8,13H2,1-2H3,(H,14,15);1H/t9?,10-,11?;/m0./s1. The minimum absolute atomic E-state index is 0. The van der Waals surface area contributed by atoms with Crippen LogP contribution in [-0.4, -0.2) is 18.5 Å². The van der Waals surface area contributed by atoms with E-state index in [4.69, 9.17) is 5.73 Å². The number of halogens is 1. The summed E-state index contributed by atoms with van der Waals surface area (Å²) in [5.74, 6) is 1.63. The Hall–Kier alpha value is -0.280. The average Bonchev–Trinajstić information content (AvgIpc) is 2.21. The van der Waals surface area contributed by atoms with E-state index in [0.29, 0.717) is 18.9 Å². The van der Waals surface area contributed by atoms with Gasteiger partial charge in [-0.1, -0.05) is 19.8 Å². The maximum Gasteiger partial charge on any atom is 0.220 e. The number of nitrogens with two attached hydrogens (primary N) is 1. The van der Waals surface area contributed by atoms with Crippen LogP contribution in [0.2, 0.25) is 0 Å². The summed E-state index contributed by atoms with van der Waals surface area (Å²) in [6.45, 7) is 4.76. The lowest BCUT2D eigenvalue weighted by Gasteiger charge is -2.26. The molecule has 0 radical (unpaired) electrons. The van der Waals surface area contributed by atoms with Crippen molar-refractivity contribution in [3.8, 4) is 0 Å². The van der Waals surface area contributed by atoms with Crippen LogP contribution in [-0.2, 0) is 4.79 Å². The van der Waals surface area contributed by atoms with Gasteiger partial charge in [-0.3, -0.25) is 4.79 Å². The monoisotopic (exact) mass is 248 g/mol. The average molecular weight is 249 g/mol. The van der Waals surface area contributed by atoms with Crippen LogP contribution in [0.5, 0.6) is 0 Å². The van der Waals surface area contributed by atoms with Crippen LogP contribution in [0.3, 0.4) is 0 Å². The largest absolute Gasteiger partial charge is 0.352 e. The number of amides is 1. The summed E-state index contributed by atoms with van der Waals surface area (Å²) < 4.78 is 0. The lowest BCUT2D eigenvalue weighted by Crippen LogP contribution is -2.38. The molecule has 1 amide bonds. The van der Waals surface area contributed by atoms with E-state index in [1.54, 1.807) is 0 Å². The summed E-state index contributed by atoms with van der Waals surface area (Å²) >= 11 is 0. The van der Waals surface area contributed by atoms with Gasteiger partial charge in [0, 0.05) is 19.0 Å². The molecule has 0 aliphatic heterocycles. The Bertz CT molecular complexity index is 203. The number of carbonyl (C=O) groups is 1. The first-order valence-corrected chi connectivity index (χ1v) is 6.11. The highest BCUT2D eigenvalue weighted by Gasteiger charge is 2.20. The zero-order valence-electron chi connectivity index (χ0n) is 10.4. The van der Waals surface area contributed by atoms with E-state index in [0.717, 1.165) is 5.92 Å². The fraction of sp³-hybridized carbons (Fsp3) is 0.917. The highest BCUT2D eigenvalue weighted by atomic mass is 35.5. The highest BCUT2D eigenvalue weighted by Crippen LogP contribution is 2.30. The third-order valence-electron chi connectivity index (χ3n) is 3.37. The molecule has 1 aliphatic carbocycles. The second-order valence-corrected chi connectivity index (χ2v) is 5.03. The van der Waals surface area contributed by atoms with Crippen molar-refractivity contribution in [2.75, 3.05) is 6.54 Å². The molecule has 0 unspecified atom stereocenters. The van der Waals surface area contributed by atoms with Crippen molar-refractivity contribution in [1.29, 1.82) is 0 Å². The second-order valence-electron chi connectivity index (χ2n) is 5.03. The van der Waals surface area contributed by atoms with Crippen LogP contribution in [0.25, 0.3) is 0 Å². The molecule has 1 rings (SSSR count). The molecular weight excluding hydrogens is 224 g/mol. The molecule has 1 aliphatic rings. The summed E-state index contributed by atoms with van der Waals surface area (Å²) in [6, 6.07) is 0.111. The van der Waals surface area contributed by atoms with Crippen LogP contribution in [0.15, 0.2) is 0 Å². The predicted octanol–water partition coefficient (Wildman–Crippen LogP) is 2.09. The van der Waals surface area contributed by atoms with Gasteiger partial charge in [0.25, 0.3) is 0 Å². The van der Waals surface area contributed by atoms with Crippen LogP contribution >= 0.6 is 12.4 Å². The van der Waals surface area contributed by atoms with Gasteiger partial charge in [-0.25, -0.2) is 0 Å². The predicted molar refractivity (Wildman–Crippen MR) is 69.6 cm³/mol. The van der Waals surface area contributed by atoms with Gasteiger partial charge in [-0.2, -0.15) is 0 Å². The van der Waals surface area contributed by atoms with E-state index in [2.05, 4.69) is 12.2 Å². The van der Waals surface area contributed by atoms with Crippen molar-refractivity contribution in [1.82, 2.24) is 5.32 Å². The molecular formula is C12H25ClN2O. The number of hydrogen-bond donors (Lipinski definition) is 2. The SMILES string of the molecule is CC1CCC(CC(=O)N[C@@H](C)CN)CC1.Cl. The van der Waals surface area contributed by atoms with Gasteiger partial charge in [-0.15, -0.1) is 12.4 Å². The zero-order valence-corrected chi connectivity index (χ0v) is 11.2.